The molecule has 18 atom stereocenters. The average Bonchev–Trinajstić information content (AvgIpc) is 0.775. The molecule has 0 unspecified atom stereocenters. The van der Waals surface area contributed by atoms with Gasteiger partial charge < -0.3 is 128 Å². The number of aliphatic hydroxyl groups excluding tert-OH is 6. The number of amides is 7. The summed E-state index contributed by atoms with van der Waals surface area (Å²) in [5.74, 6) is -16.0. The molecular formula is C66H75Cl2N9O24. The maximum absolute atomic E-state index is 16.0. The van der Waals surface area contributed by atoms with Gasteiger partial charge in [-0.1, -0.05) is 55.2 Å². The number of carbonyl (C=O) groups is 8. The number of hydrogen-bond donors (Lipinski definition) is 19. The van der Waals surface area contributed by atoms with Crippen molar-refractivity contribution in [3.8, 4) is 57.1 Å². The first-order valence-electron chi connectivity index (χ1n) is 31.6. The van der Waals surface area contributed by atoms with E-state index in [1.165, 1.54) is 33.0 Å². The number of aliphatic hydroxyl groups is 6. The topological polar surface area (TPSA) is 530 Å². The lowest BCUT2D eigenvalue weighted by molar-refractivity contribution is -0.333. The first kappa shape index (κ1) is 74.5. The van der Waals surface area contributed by atoms with Crippen molar-refractivity contribution in [3.05, 3.63) is 117 Å². The van der Waals surface area contributed by atoms with Crippen LogP contribution in [-0.4, -0.2) is 191 Å². The number of aromatic hydroxyl groups is 3. The maximum atomic E-state index is 16.0. The van der Waals surface area contributed by atoms with Gasteiger partial charge in [-0.25, -0.2) is 4.79 Å². The fourth-order valence-electron chi connectivity index (χ4n) is 12.5. The summed E-state index contributed by atoms with van der Waals surface area (Å²) < 4.78 is 38.3. The molecule has 0 aliphatic carbocycles. The second-order valence-corrected chi connectivity index (χ2v) is 26.5. The van der Waals surface area contributed by atoms with Crippen LogP contribution in [-0.2, 0) is 52.6 Å². The molecule has 12 rings (SSSR count). The van der Waals surface area contributed by atoms with Gasteiger partial charge in [0.1, 0.15) is 89.5 Å². The minimum absolute atomic E-state index is 0.0975. The Hall–Kier alpha value is -9.20. The van der Waals surface area contributed by atoms with Gasteiger partial charge in [-0.05, 0) is 110 Å². The predicted molar refractivity (Wildman–Crippen MR) is 349 cm³/mol. The molecule has 5 aromatic carbocycles. The Kier molecular flexibility index (Phi) is 22.2. The smallest absolute Gasteiger partial charge is 0.330 e. The summed E-state index contributed by atoms with van der Waals surface area (Å²) >= 11 is 14.1. The highest BCUT2D eigenvalue weighted by atomic mass is 35.5. The number of primary amides is 1. The van der Waals surface area contributed by atoms with E-state index in [1.54, 1.807) is 0 Å². The number of halogens is 2. The predicted octanol–water partition coefficient (Wildman–Crippen LogP) is 0.106. The third-order valence-electron chi connectivity index (χ3n) is 17.8. The number of fused-ring (bicyclic) bond motifs is 15. The fraction of sp³-hybridized carbons (Fsp3) is 0.424. The van der Waals surface area contributed by atoms with Crippen LogP contribution >= 0.6 is 23.2 Å². The van der Waals surface area contributed by atoms with Crippen molar-refractivity contribution in [1.29, 1.82) is 0 Å². The molecule has 33 nitrogen and oxygen atoms in total. The Bertz CT molecular complexity index is 4070. The molecule has 0 spiro atoms. The molecule has 21 N–H and O–H groups in total. The number of ether oxygens (including phenoxy) is 6. The van der Waals surface area contributed by atoms with Crippen molar-refractivity contribution in [2.75, 3.05) is 13.7 Å². The van der Waals surface area contributed by atoms with Crippen molar-refractivity contribution in [2.45, 2.75) is 156 Å². The zero-order valence-corrected chi connectivity index (χ0v) is 55.8. The summed E-state index contributed by atoms with van der Waals surface area (Å²) in [6.07, 6.45) is -18.6. The van der Waals surface area contributed by atoms with E-state index < -0.39 is 237 Å². The van der Waals surface area contributed by atoms with Crippen LogP contribution in [0.2, 0.25) is 10.0 Å². The first-order valence-corrected chi connectivity index (χ1v) is 32.4. The number of phenols is 3. The maximum Gasteiger partial charge on any atom is 0.330 e. The van der Waals surface area contributed by atoms with E-state index in [4.69, 9.17) is 63.1 Å². The van der Waals surface area contributed by atoms with Crippen LogP contribution in [0.15, 0.2) is 78.9 Å². The van der Waals surface area contributed by atoms with Crippen LogP contribution in [0.5, 0.6) is 46.0 Å². The van der Waals surface area contributed by atoms with E-state index in [0.29, 0.717) is 0 Å². The Morgan fingerprint density at radius 2 is 1.32 bits per heavy atom. The number of aliphatic carboxylic acids is 1. The summed E-state index contributed by atoms with van der Waals surface area (Å²) in [6, 6.07) is -0.679. The Morgan fingerprint density at radius 3 is 1.90 bits per heavy atom. The molecule has 7 aliphatic heterocycles. The number of carbonyl (C=O) groups excluding carboxylic acids is 7. The molecule has 0 radical (unpaired) electrons. The monoisotopic (exact) mass is 1450 g/mol. The van der Waals surface area contributed by atoms with Gasteiger partial charge in [-0.15, -0.1) is 0 Å². The van der Waals surface area contributed by atoms with Gasteiger partial charge >= 0.3 is 5.97 Å². The number of carboxylic acids is 1. The molecular weight excluding hydrogens is 1370 g/mol. The van der Waals surface area contributed by atoms with Crippen molar-refractivity contribution >= 4 is 70.5 Å². The standard InChI is InChI=1S/C66H75Cl2N9O24/c1-23(2)12-34(71-5)58(88)76-49-51(83)26-7-10-38(32(67)14-26)97-40-16-28-17-41(55(40)101-65-56(54(86)53(85)42(22-78)99-65)100-44-21-66(4,70)57(87)24(3)96-44)98-39-11-8-27(15-33(39)68)52(84)50-63(93)75-48(64(94)95)31-18-29(79)19-37(81)45(31)30-13-25(6-9-36(30)80)46(60(90)77-50)74-61(91)47(28)73-59(89)35(20-43(69)82)72-62(49)92/h6-11,13-19,23-24,34-35,42,44,46-54,56-57,65,71,78-81,83-87H,12,20-22,70H2,1-5H3,(H2,69,82)(H,72,92)(H,73,89)(H,74,91)(H,75,93)(H,76,88)(H,77,90)(H,94,95)/t24-,34+,35-,42-,44-,46-,47+,48+,49-,50-,51+,52-,53-,54-,56-,57+,65-,66-/m0/s1. The number of hydrogen-bond acceptors (Lipinski definition) is 25. The van der Waals surface area contributed by atoms with Crippen molar-refractivity contribution in [2.24, 2.45) is 17.4 Å². The van der Waals surface area contributed by atoms with Crippen LogP contribution < -0.4 is 62.9 Å². The summed E-state index contributed by atoms with van der Waals surface area (Å²) in [4.78, 5) is 117. The van der Waals surface area contributed by atoms with Gasteiger partial charge in [-0.3, -0.25) is 33.6 Å². The molecule has 2 fully saturated rings. The molecule has 7 aliphatic rings. The van der Waals surface area contributed by atoms with E-state index in [9.17, 15) is 75.0 Å². The number of benzene rings is 5. The SMILES string of the molecule is CN[C@H](CC(C)C)C(=O)N[C@@H]1C(=O)N[C@@H](CC(N)=O)C(=O)N[C@H]2C(=O)N[C@@H]3C(=O)N[C@H](C(=O)N[C@@H](C(=O)O)c4cc(O)cc(O)c4-c4cc3ccc4O)[C@@H](O)c3ccc(c(Cl)c3)Oc3cc2cc(c3O[C@@H]2O[C@@H](CO)[C@H](O)[C@H](O)[C@@H]2O[C@H]2C[C@](C)(N)[C@H](O)[C@H](C)O2)Oc2ccc(cc2Cl)[C@H]1O. The zero-order chi connectivity index (χ0) is 73.5. The number of likely N-dealkylation sites (N-methyl/N-ethyl adjacent to an activating group) is 1. The Morgan fingerprint density at radius 1 is 0.713 bits per heavy atom. The second kappa shape index (κ2) is 30.2. The lowest BCUT2D eigenvalue weighted by Gasteiger charge is -2.47. The van der Waals surface area contributed by atoms with Crippen molar-refractivity contribution in [3.63, 3.8) is 0 Å². The molecule has 7 heterocycles. The number of nitrogens with one attached hydrogen (secondary N) is 7. The minimum Gasteiger partial charge on any atom is -0.508 e. The molecule has 11 bridgehead atoms. The van der Waals surface area contributed by atoms with Crippen molar-refractivity contribution < 1.29 is 118 Å². The molecule has 35 heteroatoms. The summed E-state index contributed by atoms with van der Waals surface area (Å²) in [7, 11) is 1.47. The van der Waals surface area contributed by atoms with E-state index in [2.05, 4.69) is 37.2 Å². The van der Waals surface area contributed by atoms with Crippen LogP contribution in [0.1, 0.15) is 105 Å². The lowest BCUT2D eigenvalue weighted by atomic mass is 9.86. The summed E-state index contributed by atoms with van der Waals surface area (Å²) in [5.41, 5.74) is 8.00. The molecule has 542 valence electrons. The highest BCUT2D eigenvalue weighted by Gasteiger charge is 2.51. The van der Waals surface area contributed by atoms with Crippen LogP contribution in [0.3, 0.4) is 0 Å². The molecule has 5 aromatic rings. The summed E-state index contributed by atoms with van der Waals surface area (Å²) in [5, 5.41) is 131. The van der Waals surface area contributed by atoms with Gasteiger partial charge in [0, 0.05) is 34.7 Å². The van der Waals surface area contributed by atoms with E-state index in [1.807, 2.05) is 13.8 Å². The van der Waals surface area contributed by atoms with E-state index in [-0.39, 0.29) is 46.2 Å². The summed E-state index contributed by atoms with van der Waals surface area (Å²) in [6.45, 7) is 5.66. The highest BCUT2D eigenvalue weighted by molar-refractivity contribution is 6.32. The largest absolute Gasteiger partial charge is 0.508 e. The average molecular weight is 1450 g/mol. The van der Waals surface area contributed by atoms with Crippen LogP contribution in [0, 0.1) is 5.92 Å². The van der Waals surface area contributed by atoms with Gasteiger partial charge in [0.25, 0.3) is 0 Å². The van der Waals surface area contributed by atoms with Gasteiger partial charge in [0.2, 0.25) is 53.4 Å². The first-order chi connectivity index (χ1) is 47.7. The van der Waals surface area contributed by atoms with Gasteiger partial charge in [0.05, 0.1) is 41.3 Å². The van der Waals surface area contributed by atoms with E-state index >= 15 is 14.4 Å². The van der Waals surface area contributed by atoms with Crippen LogP contribution in [0.4, 0.5) is 0 Å². The fourth-order valence-corrected chi connectivity index (χ4v) is 12.9. The Labute approximate surface area is 584 Å². The number of rotatable bonds is 13. The van der Waals surface area contributed by atoms with Crippen LogP contribution in [0.25, 0.3) is 11.1 Å². The molecule has 2 saturated heterocycles. The molecule has 7 amide bonds. The third kappa shape index (κ3) is 15.8. The normalized spacial score (nSPS) is 29.4. The molecule has 0 saturated carbocycles. The Balaban J connectivity index is 1.24. The van der Waals surface area contributed by atoms with E-state index in [0.717, 1.165) is 66.7 Å². The third-order valence-corrected chi connectivity index (χ3v) is 18.4. The number of nitrogens with two attached hydrogens (primary N) is 2. The van der Waals surface area contributed by atoms with Gasteiger partial charge in [0.15, 0.2) is 29.9 Å². The number of carboxylic acid groups (broad SMARTS) is 1. The minimum atomic E-state index is -2.35. The highest BCUT2D eigenvalue weighted by Crippen LogP contribution is 2.50. The second-order valence-electron chi connectivity index (χ2n) is 25.7. The van der Waals surface area contributed by atoms with Crippen molar-refractivity contribution in [1.82, 2.24) is 37.2 Å². The zero-order valence-electron chi connectivity index (χ0n) is 54.3. The lowest BCUT2D eigenvalue weighted by Crippen LogP contribution is -2.64. The molecule has 101 heavy (non-hydrogen) atoms. The van der Waals surface area contributed by atoms with Gasteiger partial charge in [-0.2, -0.15) is 0 Å². The molecule has 0 aromatic heterocycles. The number of phenolic OH excluding ortho intramolecular Hbond substituents is 3. The quantitative estimate of drug-likeness (QED) is 0.0743.